The van der Waals surface area contributed by atoms with Crippen LogP contribution in [0.3, 0.4) is 0 Å². The number of hydrogen-bond donors (Lipinski definition) is 2. The number of nitrogens with zero attached hydrogens (tertiary/aromatic N) is 2. The fourth-order valence-electron chi connectivity index (χ4n) is 3.61. The van der Waals surface area contributed by atoms with E-state index < -0.39 is 23.9 Å². The molecule has 0 bridgehead atoms. The molecule has 2 heterocycles. The number of aliphatic carboxylic acids is 1. The number of aromatic nitrogens is 2. The Labute approximate surface area is 199 Å². The molecular formula is C26H22F3N3O3. The van der Waals surface area contributed by atoms with Gasteiger partial charge in [-0.1, -0.05) is 54.1 Å². The van der Waals surface area contributed by atoms with E-state index in [-0.39, 0.29) is 18.0 Å². The number of alkyl halides is 3. The van der Waals surface area contributed by atoms with Gasteiger partial charge in [0.2, 0.25) is 5.76 Å². The van der Waals surface area contributed by atoms with Gasteiger partial charge < -0.3 is 14.8 Å². The van der Waals surface area contributed by atoms with Crippen molar-refractivity contribution in [2.75, 3.05) is 5.32 Å². The highest BCUT2D eigenvalue weighted by atomic mass is 19.4. The molecule has 6 nitrogen and oxygen atoms in total. The Morgan fingerprint density at radius 2 is 1.86 bits per heavy atom. The van der Waals surface area contributed by atoms with Crippen LogP contribution in [0.25, 0.3) is 11.3 Å². The molecule has 180 valence electrons. The fraction of sp³-hybridized carbons (Fsp3) is 0.192. The van der Waals surface area contributed by atoms with Crippen molar-refractivity contribution in [3.63, 3.8) is 0 Å². The van der Waals surface area contributed by atoms with Crippen LogP contribution in [0, 0.1) is 6.92 Å². The molecule has 4 aromatic rings. The summed E-state index contributed by atoms with van der Waals surface area (Å²) in [5.74, 6) is -2.31. The van der Waals surface area contributed by atoms with Crippen molar-refractivity contribution in [2.24, 2.45) is 0 Å². The number of rotatable bonds is 8. The molecule has 0 aliphatic heterocycles. The quantitative estimate of drug-likeness (QED) is 0.333. The van der Waals surface area contributed by atoms with E-state index in [9.17, 15) is 23.1 Å². The lowest BCUT2D eigenvalue weighted by atomic mass is 10.1. The Bertz CT molecular complexity index is 1320. The van der Waals surface area contributed by atoms with E-state index in [0.717, 1.165) is 28.8 Å². The minimum absolute atomic E-state index is 0.105. The van der Waals surface area contributed by atoms with Gasteiger partial charge in [0, 0.05) is 18.4 Å². The Morgan fingerprint density at radius 3 is 2.51 bits per heavy atom. The van der Waals surface area contributed by atoms with Crippen molar-refractivity contribution in [1.29, 1.82) is 0 Å². The third kappa shape index (κ3) is 6.06. The molecule has 0 saturated heterocycles. The van der Waals surface area contributed by atoms with Gasteiger partial charge in [0.1, 0.15) is 17.6 Å². The van der Waals surface area contributed by atoms with Crippen LogP contribution in [-0.2, 0) is 23.8 Å². The van der Waals surface area contributed by atoms with Crippen LogP contribution in [0.4, 0.5) is 19.0 Å². The molecule has 0 fully saturated rings. The summed E-state index contributed by atoms with van der Waals surface area (Å²) in [5, 5.41) is 12.6. The summed E-state index contributed by atoms with van der Waals surface area (Å²) in [6.07, 6.45) is -3.04. The van der Waals surface area contributed by atoms with E-state index in [2.05, 4.69) is 10.3 Å². The largest absolute Gasteiger partial charge is 0.480 e. The SMILES string of the molecule is Cc1cccc(-c2cnc(NC(Cc3ccc(C(F)(F)F)o3)C(=O)O)c(Cc3ccccc3)n2)c1. The summed E-state index contributed by atoms with van der Waals surface area (Å²) in [7, 11) is 0. The molecule has 0 radical (unpaired) electrons. The smallest absolute Gasteiger partial charge is 0.449 e. The molecule has 4 rings (SSSR count). The summed E-state index contributed by atoms with van der Waals surface area (Å²) in [5.41, 5.74) is 4.00. The fourth-order valence-corrected chi connectivity index (χ4v) is 3.61. The van der Waals surface area contributed by atoms with Crippen molar-refractivity contribution in [3.8, 4) is 11.3 Å². The van der Waals surface area contributed by atoms with Crippen LogP contribution in [0.2, 0.25) is 0 Å². The second kappa shape index (κ2) is 10.0. The molecule has 9 heteroatoms. The van der Waals surface area contributed by atoms with Gasteiger partial charge >= 0.3 is 12.1 Å². The van der Waals surface area contributed by atoms with Crippen LogP contribution >= 0.6 is 0 Å². The molecular weight excluding hydrogens is 459 g/mol. The molecule has 0 aliphatic rings. The van der Waals surface area contributed by atoms with Crippen LogP contribution in [-0.4, -0.2) is 27.1 Å². The number of carboxylic acid groups (broad SMARTS) is 1. The second-order valence-corrected chi connectivity index (χ2v) is 8.09. The van der Waals surface area contributed by atoms with Crippen molar-refractivity contribution in [2.45, 2.75) is 32.0 Å². The zero-order valence-corrected chi connectivity index (χ0v) is 18.7. The summed E-state index contributed by atoms with van der Waals surface area (Å²) in [6.45, 7) is 1.97. The first-order valence-corrected chi connectivity index (χ1v) is 10.8. The molecule has 35 heavy (non-hydrogen) atoms. The van der Waals surface area contributed by atoms with Gasteiger partial charge in [0.25, 0.3) is 0 Å². The maximum atomic E-state index is 12.9. The van der Waals surface area contributed by atoms with Crippen LogP contribution in [0.5, 0.6) is 0 Å². The minimum atomic E-state index is -4.65. The first-order chi connectivity index (χ1) is 16.7. The Kier molecular flexibility index (Phi) is 6.86. The van der Waals surface area contributed by atoms with Gasteiger partial charge in [-0.05, 0) is 30.7 Å². The van der Waals surface area contributed by atoms with E-state index in [1.807, 2.05) is 61.5 Å². The molecule has 1 atom stereocenters. The lowest BCUT2D eigenvalue weighted by Gasteiger charge is -2.17. The highest BCUT2D eigenvalue weighted by molar-refractivity contribution is 5.77. The second-order valence-electron chi connectivity index (χ2n) is 8.09. The number of carboxylic acids is 1. The normalized spacial score (nSPS) is 12.3. The van der Waals surface area contributed by atoms with E-state index >= 15 is 0 Å². The number of carbonyl (C=O) groups is 1. The topological polar surface area (TPSA) is 88.2 Å². The average molecular weight is 481 g/mol. The zero-order valence-electron chi connectivity index (χ0n) is 18.7. The molecule has 2 aromatic heterocycles. The molecule has 0 spiro atoms. The van der Waals surface area contributed by atoms with E-state index in [4.69, 9.17) is 9.40 Å². The Hall–Kier alpha value is -4.14. The summed E-state index contributed by atoms with van der Waals surface area (Å²) in [4.78, 5) is 21.1. The number of benzene rings is 2. The first-order valence-electron chi connectivity index (χ1n) is 10.8. The first kappa shape index (κ1) is 24.0. The van der Waals surface area contributed by atoms with Crippen LogP contribution in [0.1, 0.15) is 28.3 Å². The molecule has 2 N–H and O–H groups in total. The maximum Gasteiger partial charge on any atom is 0.449 e. The standard InChI is InChI=1S/C26H22F3N3O3/c1-16-6-5-9-18(12-16)22-15-30-24(20(31-22)13-17-7-3-2-4-8-17)32-21(25(33)34)14-19-10-11-23(35-19)26(27,28)29/h2-12,15,21H,13-14H2,1H3,(H,30,32)(H,33,34). The van der Waals surface area contributed by atoms with Crippen molar-refractivity contribution >= 4 is 11.8 Å². The molecule has 2 aromatic carbocycles. The summed E-state index contributed by atoms with van der Waals surface area (Å²) in [6, 6.07) is 17.9. The zero-order chi connectivity index (χ0) is 25.0. The van der Waals surface area contributed by atoms with Gasteiger partial charge in [-0.25, -0.2) is 14.8 Å². The van der Waals surface area contributed by atoms with E-state index in [1.54, 1.807) is 6.20 Å². The minimum Gasteiger partial charge on any atom is -0.480 e. The Balaban J connectivity index is 1.65. The number of hydrogen-bond acceptors (Lipinski definition) is 5. The molecule has 0 saturated carbocycles. The van der Waals surface area contributed by atoms with Gasteiger partial charge in [-0.15, -0.1) is 0 Å². The number of aryl methyl sites for hydroxylation is 1. The van der Waals surface area contributed by atoms with Gasteiger partial charge in [-0.3, -0.25) is 0 Å². The Morgan fingerprint density at radius 1 is 1.09 bits per heavy atom. The number of halogens is 3. The van der Waals surface area contributed by atoms with E-state index in [1.165, 1.54) is 0 Å². The summed E-state index contributed by atoms with van der Waals surface area (Å²) < 4.78 is 43.4. The van der Waals surface area contributed by atoms with Crippen LogP contribution in [0.15, 0.2) is 77.3 Å². The third-order valence-electron chi connectivity index (χ3n) is 5.33. The lowest BCUT2D eigenvalue weighted by molar-refractivity contribution is -0.153. The monoisotopic (exact) mass is 481 g/mol. The number of furan rings is 1. The van der Waals surface area contributed by atoms with Gasteiger partial charge in [-0.2, -0.15) is 13.2 Å². The van der Waals surface area contributed by atoms with Crippen molar-refractivity contribution in [1.82, 2.24) is 9.97 Å². The molecule has 0 aliphatic carbocycles. The van der Waals surface area contributed by atoms with Gasteiger partial charge in [0.05, 0.1) is 17.6 Å². The average Bonchev–Trinajstić information content (AvgIpc) is 3.29. The summed E-state index contributed by atoms with van der Waals surface area (Å²) >= 11 is 0. The maximum absolute atomic E-state index is 12.9. The predicted molar refractivity (Wildman–Crippen MR) is 124 cm³/mol. The molecule has 0 amide bonds. The molecule has 1 unspecified atom stereocenters. The number of nitrogens with one attached hydrogen (secondary N) is 1. The van der Waals surface area contributed by atoms with Crippen molar-refractivity contribution < 1.29 is 27.5 Å². The highest BCUT2D eigenvalue weighted by Crippen LogP contribution is 2.31. The third-order valence-corrected chi connectivity index (χ3v) is 5.33. The highest BCUT2D eigenvalue weighted by Gasteiger charge is 2.35. The number of anilines is 1. The van der Waals surface area contributed by atoms with Crippen LogP contribution < -0.4 is 5.32 Å². The van der Waals surface area contributed by atoms with E-state index in [0.29, 0.717) is 17.8 Å². The van der Waals surface area contributed by atoms with Gasteiger partial charge in [0.15, 0.2) is 0 Å². The predicted octanol–water partition coefficient (Wildman–Crippen LogP) is 5.76. The lowest BCUT2D eigenvalue weighted by Crippen LogP contribution is -2.32. The van der Waals surface area contributed by atoms with Crippen molar-refractivity contribution in [3.05, 3.63) is 101 Å².